The Morgan fingerprint density at radius 1 is 1.16 bits per heavy atom. The molecule has 0 radical (unpaired) electrons. The Hall–Kier alpha value is -2.64. The zero-order valence-electron chi connectivity index (χ0n) is 19.8. The molecule has 174 valence electrons. The molecule has 2 aliphatic heterocycles. The summed E-state index contributed by atoms with van der Waals surface area (Å²) in [4.78, 5) is 9.18. The number of fused-ring (bicyclic) bond motifs is 1. The summed E-state index contributed by atoms with van der Waals surface area (Å²) in [5.74, 6) is 0.773. The van der Waals surface area contributed by atoms with E-state index in [-0.39, 0.29) is 11.9 Å². The van der Waals surface area contributed by atoms with Gasteiger partial charge in [-0.05, 0) is 63.0 Å². The zero-order chi connectivity index (χ0) is 22.9. The van der Waals surface area contributed by atoms with E-state index in [1.54, 1.807) is 6.07 Å². The maximum Gasteiger partial charge on any atom is 0.128 e. The van der Waals surface area contributed by atoms with Crippen molar-refractivity contribution in [2.45, 2.75) is 26.3 Å². The van der Waals surface area contributed by atoms with Crippen molar-refractivity contribution >= 4 is 17.2 Å². The van der Waals surface area contributed by atoms with Crippen LogP contribution in [0.2, 0.25) is 0 Å². The highest BCUT2D eigenvalue weighted by Gasteiger charge is 2.21. The molecule has 0 amide bonds. The lowest BCUT2D eigenvalue weighted by Crippen LogP contribution is -2.43. The number of pyridine rings is 1. The third kappa shape index (κ3) is 6.20. The van der Waals surface area contributed by atoms with Crippen LogP contribution in [0.4, 0.5) is 15.9 Å². The summed E-state index contributed by atoms with van der Waals surface area (Å²) < 4.78 is 13.9. The lowest BCUT2D eigenvalue weighted by atomic mass is 9.98. The maximum atomic E-state index is 13.9. The lowest BCUT2D eigenvalue weighted by molar-refractivity contribution is 0.399. The summed E-state index contributed by atoms with van der Waals surface area (Å²) in [6, 6.07) is 9.07. The molecule has 1 fully saturated rings. The number of nitrogens with zero attached hydrogens (tertiary/aromatic N) is 3. The van der Waals surface area contributed by atoms with Crippen molar-refractivity contribution in [2.75, 3.05) is 63.6 Å². The summed E-state index contributed by atoms with van der Waals surface area (Å²) in [5, 5.41) is 10.4. The van der Waals surface area contributed by atoms with Gasteiger partial charge in [-0.15, -0.1) is 0 Å². The summed E-state index contributed by atoms with van der Waals surface area (Å²) in [6.45, 7) is 9.82. The summed E-state index contributed by atoms with van der Waals surface area (Å²) in [5.41, 5.74) is 3.92. The molecular formula is C25H37FN6. The molecule has 6 nitrogen and oxygen atoms in total. The molecule has 3 N–H and O–H groups in total. The first-order chi connectivity index (χ1) is 15.6. The van der Waals surface area contributed by atoms with Crippen molar-refractivity contribution in [1.82, 2.24) is 20.5 Å². The van der Waals surface area contributed by atoms with Crippen LogP contribution in [-0.2, 0) is 0 Å². The predicted octanol–water partition coefficient (Wildman–Crippen LogP) is 3.71. The van der Waals surface area contributed by atoms with E-state index < -0.39 is 0 Å². The average molecular weight is 441 g/mol. The Morgan fingerprint density at radius 3 is 2.62 bits per heavy atom. The SMILES string of the molecule is CC.CN(C)CCCNC1=CC(c2ccc(N3CCNCC3)nc2)Nc2cc(F)ccc21. The van der Waals surface area contributed by atoms with E-state index in [2.05, 4.69) is 58.1 Å². The minimum absolute atomic E-state index is 0.0554. The van der Waals surface area contributed by atoms with E-state index in [4.69, 9.17) is 4.98 Å². The van der Waals surface area contributed by atoms with Crippen molar-refractivity contribution < 1.29 is 4.39 Å². The minimum atomic E-state index is -0.235. The molecule has 2 aromatic rings. The normalized spacial score (nSPS) is 17.6. The van der Waals surface area contributed by atoms with E-state index in [0.717, 1.165) is 74.0 Å². The van der Waals surface area contributed by atoms with Gasteiger partial charge in [0.25, 0.3) is 0 Å². The van der Waals surface area contributed by atoms with Crippen LogP contribution in [0.1, 0.15) is 37.4 Å². The van der Waals surface area contributed by atoms with Gasteiger partial charge in [-0.2, -0.15) is 0 Å². The Morgan fingerprint density at radius 2 is 1.94 bits per heavy atom. The standard InChI is InChI=1S/C23H31FN6.C2H6/c1-29(2)11-3-8-26-21-15-20(28-22-14-18(24)5-6-19(21)22)17-4-7-23(27-16-17)30-12-9-25-10-13-30;1-2/h4-7,14-16,20,25-26,28H,3,8-13H2,1-2H3;1-2H3. The molecule has 32 heavy (non-hydrogen) atoms. The molecule has 0 saturated carbocycles. The van der Waals surface area contributed by atoms with Gasteiger partial charge in [0.15, 0.2) is 0 Å². The van der Waals surface area contributed by atoms with E-state index in [0.29, 0.717) is 0 Å². The van der Waals surface area contributed by atoms with Gasteiger partial charge >= 0.3 is 0 Å². The van der Waals surface area contributed by atoms with Gasteiger partial charge in [0.1, 0.15) is 11.6 Å². The number of piperazine rings is 1. The van der Waals surface area contributed by atoms with Gasteiger partial charge in [-0.3, -0.25) is 0 Å². The van der Waals surface area contributed by atoms with Gasteiger partial charge in [0.2, 0.25) is 0 Å². The van der Waals surface area contributed by atoms with Gasteiger partial charge in [-0.25, -0.2) is 9.37 Å². The summed E-state index contributed by atoms with van der Waals surface area (Å²) >= 11 is 0. The first-order valence-corrected chi connectivity index (χ1v) is 11.7. The molecule has 1 saturated heterocycles. The number of hydrogen-bond donors (Lipinski definition) is 3. The van der Waals surface area contributed by atoms with Crippen LogP contribution in [-0.4, -0.2) is 63.2 Å². The molecule has 1 atom stereocenters. The molecule has 0 aliphatic carbocycles. The highest BCUT2D eigenvalue weighted by atomic mass is 19.1. The van der Waals surface area contributed by atoms with Crippen molar-refractivity contribution in [1.29, 1.82) is 0 Å². The smallest absolute Gasteiger partial charge is 0.128 e. The largest absolute Gasteiger partial charge is 0.385 e. The second-order valence-electron chi connectivity index (χ2n) is 8.16. The molecule has 1 aromatic carbocycles. The van der Waals surface area contributed by atoms with Gasteiger partial charge in [-0.1, -0.05) is 19.9 Å². The van der Waals surface area contributed by atoms with E-state index in [9.17, 15) is 4.39 Å². The monoisotopic (exact) mass is 440 g/mol. The Labute approximate surface area is 191 Å². The van der Waals surface area contributed by atoms with Crippen molar-refractivity contribution in [2.24, 2.45) is 0 Å². The van der Waals surface area contributed by atoms with Gasteiger partial charge < -0.3 is 25.8 Å². The van der Waals surface area contributed by atoms with Crippen LogP contribution in [0, 0.1) is 5.82 Å². The van der Waals surface area contributed by atoms with Gasteiger partial charge in [0, 0.05) is 55.9 Å². The van der Waals surface area contributed by atoms with Crippen molar-refractivity contribution in [3.8, 4) is 0 Å². The number of nitrogens with one attached hydrogen (secondary N) is 3. The van der Waals surface area contributed by atoms with E-state index in [1.807, 2.05) is 26.1 Å². The third-order valence-corrected chi connectivity index (χ3v) is 5.58. The fourth-order valence-electron chi connectivity index (χ4n) is 3.95. The summed E-state index contributed by atoms with van der Waals surface area (Å²) in [6.07, 6.45) is 5.15. The number of hydrogen-bond acceptors (Lipinski definition) is 6. The third-order valence-electron chi connectivity index (χ3n) is 5.58. The molecule has 1 unspecified atom stereocenters. The Kier molecular flexibility index (Phi) is 8.88. The first-order valence-electron chi connectivity index (χ1n) is 11.7. The van der Waals surface area contributed by atoms with Crippen molar-refractivity contribution in [3.63, 3.8) is 0 Å². The molecule has 7 heteroatoms. The Bertz CT molecular complexity index is 875. The average Bonchev–Trinajstić information content (AvgIpc) is 2.83. The summed E-state index contributed by atoms with van der Waals surface area (Å²) in [7, 11) is 4.16. The molecule has 1 aromatic heterocycles. The topological polar surface area (TPSA) is 55.5 Å². The molecule has 2 aliphatic rings. The number of anilines is 2. The Balaban J connectivity index is 0.00000141. The van der Waals surface area contributed by atoms with E-state index in [1.165, 1.54) is 6.07 Å². The molecular weight excluding hydrogens is 403 g/mol. The fourth-order valence-corrected chi connectivity index (χ4v) is 3.95. The first kappa shape index (κ1) is 24.0. The number of benzene rings is 1. The van der Waals surface area contributed by atoms with Crippen LogP contribution in [0.25, 0.3) is 5.70 Å². The predicted molar refractivity (Wildman–Crippen MR) is 133 cm³/mol. The molecule has 0 spiro atoms. The second kappa shape index (κ2) is 11.8. The number of aromatic nitrogens is 1. The molecule has 3 heterocycles. The van der Waals surface area contributed by atoms with Gasteiger partial charge in [0.05, 0.1) is 6.04 Å². The fraction of sp³-hybridized carbons (Fsp3) is 0.480. The highest BCUT2D eigenvalue weighted by molar-refractivity contribution is 5.79. The second-order valence-corrected chi connectivity index (χ2v) is 8.16. The zero-order valence-corrected chi connectivity index (χ0v) is 19.8. The number of rotatable bonds is 7. The minimum Gasteiger partial charge on any atom is -0.385 e. The van der Waals surface area contributed by atoms with Crippen molar-refractivity contribution in [3.05, 3.63) is 59.5 Å². The molecule has 4 rings (SSSR count). The van der Waals surface area contributed by atoms with Crippen LogP contribution in [0.15, 0.2) is 42.6 Å². The maximum absolute atomic E-state index is 13.9. The molecule has 0 bridgehead atoms. The van der Waals surface area contributed by atoms with Crippen LogP contribution in [0.3, 0.4) is 0 Å². The lowest BCUT2D eigenvalue weighted by Gasteiger charge is -2.30. The quantitative estimate of drug-likeness (QED) is 0.571. The van der Waals surface area contributed by atoms with Crippen LogP contribution in [0.5, 0.6) is 0 Å². The highest BCUT2D eigenvalue weighted by Crippen LogP contribution is 2.34. The van der Waals surface area contributed by atoms with Crippen LogP contribution >= 0.6 is 0 Å². The number of halogens is 1. The van der Waals surface area contributed by atoms with E-state index >= 15 is 0 Å². The van der Waals surface area contributed by atoms with Crippen LogP contribution < -0.4 is 20.9 Å².